The summed E-state index contributed by atoms with van der Waals surface area (Å²) in [5.74, 6) is 0.146. The smallest absolute Gasteiger partial charge is 0.123 e. The third kappa shape index (κ3) is 3.03. The fraction of sp³-hybridized carbons (Fsp3) is 0.316. The second kappa shape index (κ2) is 5.91. The van der Waals surface area contributed by atoms with Gasteiger partial charge in [0.25, 0.3) is 0 Å². The average Bonchev–Trinajstić information content (AvgIpc) is 2.46. The van der Waals surface area contributed by atoms with Crippen molar-refractivity contribution >= 4 is 11.4 Å². The van der Waals surface area contributed by atoms with Gasteiger partial charge in [0.1, 0.15) is 5.82 Å². The van der Waals surface area contributed by atoms with Crippen LogP contribution < -0.4 is 5.01 Å². The molecule has 0 aliphatic carbocycles. The van der Waals surface area contributed by atoms with E-state index in [-0.39, 0.29) is 5.82 Å². The largest absolute Gasteiger partial charge is 0.265 e. The predicted octanol–water partition coefficient (Wildman–Crippen LogP) is 4.68. The van der Waals surface area contributed by atoms with Crippen molar-refractivity contribution in [2.45, 2.75) is 33.1 Å². The van der Waals surface area contributed by atoms with Crippen LogP contribution in [-0.2, 0) is 6.42 Å². The summed E-state index contributed by atoms with van der Waals surface area (Å²) in [5, 5.41) is 6.76. The molecule has 1 atom stereocenters. The number of halogens is 1. The summed E-state index contributed by atoms with van der Waals surface area (Å²) in [4.78, 5) is 0. The molecule has 3 rings (SSSR count). The van der Waals surface area contributed by atoms with Gasteiger partial charge >= 0.3 is 0 Å². The number of hydrogen-bond donors (Lipinski definition) is 0. The molecule has 1 aliphatic heterocycles. The first-order valence-corrected chi connectivity index (χ1v) is 7.67. The van der Waals surface area contributed by atoms with Gasteiger partial charge in [0, 0.05) is 18.2 Å². The number of nitrogens with zero attached hydrogens (tertiary/aromatic N) is 2. The zero-order valence-corrected chi connectivity index (χ0v) is 13.3. The molecular formula is C19H21FN2. The van der Waals surface area contributed by atoms with Crippen molar-refractivity contribution in [1.82, 2.24) is 0 Å². The number of benzene rings is 2. The highest BCUT2D eigenvalue weighted by molar-refractivity contribution is 5.80. The number of hydrogen-bond acceptors (Lipinski definition) is 2. The Morgan fingerprint density at radius 1 is 1.14 bits per heavy atom. The Morgan fingerprint density at radius 2 is 1.86 bits per heavy atom. The van der Waals surface area contributed by atoms with Gasteiger partial charge < -0.3 is 0 Å². The maximum Gasteiger partial charge on any atom is 0.123 e. The Labute approximate surface area is 131 Å². The molecule has 22 heavy (non-hydrogen) atoms. The van der Waals surface area contributed by atoms with Crippen LogP contribution in [0.2, 0.25) is 0 Å². The van der Waals surface area contributed by atoms with E-state index in [1.54, 1.807) is 12.1 Å². The number of aryl methyl sites for hydroxylation is 1. The van der Waals surface area contributed by atoms with E-state index in [9.17, 15) is 4.39 Å². The molecule has 1 unspecified atom stereocenters. The van der Waals surface area contributed by atoms with Gasteiger partial charge in [-0.25, -0.2) is 4.39 Å². The fourth-order valence-corrected chi connectivity index (χ4v) is 3.06. The van der Waals surface area contributed by atoms with Crippen molar-refractivity contribution in [2.24, 2.45) is 5.10 Å². The van der Waals surface area contributed by atoms with Crippen LogP contribution in [0.3, 0.4) is 0 Å². The van der Waals surface area contributed by atoms with Crippen molar-refractivity contribution < 1.29 is 4.39 Å². The van der Waals surface area contributed by atoms with Gasteiger partial charge in [0.2, 0.25) is 0 Å². The lowest BCUT2D eigenvalue weighted by Gasteiger charge is -2.33. The molecule has 0 spiro atoms. The van der Waals surface area contributed by atoms with E-state index < -0.39 is 0 Å². The minimum Gasteiger partial charge on any atom is -0.265 e. The molecule has 0 radical (unpaired) electrons. The molecule has 0 bridgehead atoms. The molecule has 2 aromatic carbocycles. The van der Waals surface area contributed by atoms with Crippen molar-refractivity contribution in [3.8, 4) is 0 Å². The fourth-order valence-electron chi connectivity index (χ4n) is 3.06. The Kier molecular flexibility index (Phi) is 3.97. The van der Waals surface area contributed by atoms with Gasteiger partial charge in [-0.2, -0.15) is 5.10 Å². The van der Waals surface area contributed by atoms with E-state index in [0.29, 0.717) is 5.92 Å². The van der Waals surface area contributed by atoms with E-state index >= 15 is 0 Å². The van der Waals surface area contributed by atoms with Crippen LogP contribution in [0.4, 0.5) is 10.1 Å². The number of hydrazone groups is 1. The highest BCUT2D eigenvalue weighted by atomic mass is 19.1. The normalized spacial score (nSPS) is 17.1. The molecule has 1 aliphatic rings. The van der Waals surface area contributed by atoms with Crippen LogP contribution in [0, 0.1) is 12.7 Å². The molecule has 2 aromatic rings. The molecule has 0 fully saturated rings. The number of anilines is 1. The van der Waals surface area contributed by atoms with Gasteiger partial charge in [0.05, 0.1) is 5.69 Å². The predicted molar refractivity (Wildman–Crippen MR) is 90.2 cm³/mol. The number of rotatable bonds is 2. The lowest BCUT2D eigenvalue weighted by molar-refractivity contribution is 0.608. The van der Waals surface area contributed by atoms with E-state index in [2.05, 4.69) is 35.2 Å². The van der Waals surface area contributed by atoms with Crippen LogP contribution in [0.15, 0.2) is 47.6 Å². The third-order valence-corrected chi connectivity index (χ3v) is 4.03. The Hall–Kier alpha value is -2.16. The van der Waals surface area contributed by atoms with Gasteiger partial charge in [-0.3, -0.25) is 5.01 Å². The molecule has 0 saturated carbocycles. The average molecular weight is 296 g/mol. The van der Waals surface area contributed by atoms with Crippen molar-refractivity contribution in [1.29, 1.82) is 0 Å². The molecule has 0 N–H and O–H groups in total. The Balaban J connectivity index is 1.99. The van der Waals surface area contributed by atoms with E-state index in [4.69, 9.17) is 0 Å². The van der Waals surface area contributed by atoms with Crippen LogP contribution in [0.25, 0.3) is 0 Å². The molecule has 114 valence electrons. The number of fused-ring (bicyclic) bond motifs is 1. The molecule has 0 saturated heterocycles. The highest BCUT2D eigenvalue weighted by Crippen LogP contribution is 2.35. The Bertz CT molecular complexity index is 700. The SMILES string of the molecule is CC(C)=NN1CC(c2ccc(F)cc2)Cc2cc(C)ccc21. The van der Waals surface area contributed by atoms with Crippen molar-refractivity contribution in [2.75, 3.05) is 11.6 Å². The van der Waals surface area contributed by atoms with E-state index in [1.807, 2.05) is 26.0 Å². The topological polar surface area (TPSA) is 15.6 Å². The third-order valence-electron chi connectivity index (χ3n) is 4.03. The van der Waals surface area contributed by atoms with Gasteiger partial charge in [-0.15, -0.1) is 0 Å². The molecule has 1 heterocycles. The first-order valence-electron chi connectivity index (χ1n) is 7.67. The molecule has 0 amide bonds. The second-order valence-corrected chi connectivity index (χ2v) is 6.21. The van der Waals surface area contributed by atoms with E-state index in [1.165, 1.54) is 22.4 Å². The summed E-state index contributed by atoms with van der Waals surface area (Å²) in [6, 6.07) is 13.4. The van der Waals surface area contributed by atoms with Crippen LogP contribution in [0.1, 0.15) is 36.5 Å². The van der Waals surface area contributed by atoms with Gasteiger partial charge in [0.15, 0.2) is 0 Å². The zero-order chi connectivity index (χ0) is 15.7. The van der Waals surface area contributed by atoms with Crippen LogP contribution >= 0.6 is 0 Å². The molecular weight excluding hydrogens is 275 g/mol. The van der Waals surface area contributed by atoms with E-state index in [0.717, 1.165) is 18.7 Å². The van der Waals surface area contributed by atoms with Gasteiger partial charge in [-0.1, -0.05) is 29.8 Å². The lowest BCUT2D eigenvalue weighted by Crippen LogP contribution is -2.31. The zero-order valence-electron chi connectivity index (χ0n) is 13.3. The maximum absolute atomic E-state index is 13.2. The summed E-state index contributed by atoms with van der Waals surface area (Å²) in [6.45, 7) is 6.96. The maximum atomic E-state index is 13.2. The van der Waals surface area contributed by atoms with Crippen LogP contribution in [-0.4, -0.2) is 12.3 Å². The lowest BCUT2D eigenvalue weighted by atomic mass is 9.87. The standard InChI is InChI=1S/C19H21FN2/c1-13(2)21-22-12-17(15-5-7-18(20)8-6-15)11-16-10-14(3)4-9-19(16)22/h4-10,17H,11-12H2,1-3H3. The summed E-state index contributed by atoms with van der Waals surface area (Å²) in [5.41, 5.74) is 5.96. The first-order chi connectivity index (χ1) is 10.5. The Morgan fingerprint density at radius 3 is 2.55 bits per heavy atom. The van der Waals surface area contributed by atoms with Crippen molar-refractivity contribution in [3.05, 3.63) is 65.0 Å². The van der Waals surface area contributed by atoms with Crippen molar-refractivity contribution in [3.63, 3.8) is 0 Å². The minimum atomic E-state index is -0.185. The summed E-state index contributed by atoms with van der Waals surface area (Å²) in [7, 11) is 0. The minimum absolute atomic E-state index is 0.185. The quantitative estimate of drug-likeness (QED) is 0.735. The summed E-state index contributed by atoms with van der Waals surface area (Å²) < 4.78 is 13.2. The second-order valence-electron chi connectivity index (χ2n) is 6.21. The summed E-state index contributed by atoms with van der Waals surface area (Å²) in [6.07, 6.45) is 0.970. The first kappa shape index (κ1) is 14.8. The molecule has 3 heteroatoms. The highest BCUT2D eigenvalue weighted by Gasteiger charge is 2.25. The van der Waals surface area contributed by atoms with Gasteiger partial charge in [-0.05, 0) is 56.5 Å². The molecule has 0 aromatic heterocycles. The van der Waals surface area contributed by atoms with Crippen LogP contribution in [0.5, 0.6) is 0 Å². The molecule has 2 nitrogen and oxygen atoms in total. The summed E-state index contributed by atoms with van der Waals surface area (Å²) >= 11 is 0. The monoisotopic (exact) mass is 296 g/mol.